The van der Waals surface area contributed by atoms with E-state index >= 15 is 0 Å². The minimum atomic E-state index is 0.108. The van der Waals surface area contributed by atoms with Crippen LogP contribution in [0.2, 0.25) is 0 Å². The van der Waals surface area contributed by atoms with E-state index in [4.69, 9.17) is 4.52 Å². The fourth-order valence-corrected chi connectivity index (χ4v) is 2.08. The van der Waals surface area contributed by atoms with E-state index in [1.165, 1.54) is 11.1 Å². The standard InChI is InChI=1S/C16H20N2O2/c1-13-4-2-5-14(10-13)7-8-16(19)17-9-3-6-15-11-18-20-12-15/h2,4-5,10-12H,3,6-9H2,1H3,(H,17,19). The molecule has 0 atom stereocenters. The zero-order valence-corrected chi connectivity index (χ0v) is 11.8. The molecule has 0 aliphatic rings. The number of aromatic nitrogens is 1. The van der Waals surface area contributed by atoms with Gasteiger partial charge in [0, 0.05) is 18.5 Å². The Morgan fingerprint density at radius 3 is 2.95 bits per heavy atom. The summed E-state index contributed by atoms with van der Waals surface area (Å²) < 4.78 is 4.75. The Morgan fingerprint density at radius 1 is 1.30 bits per heavy atom. The van der Waals surface area contributed by atoms with Gasteiger partial charge in [-0.05, 0) is 31.7 Å². The molecule has 1 N–H and O–H groups in total. The maximum absolute atomic E-state index is 11.7. The van der Waals surface area contributed by atoms with Crippen LogP contribution in [0.25, 0.3) is 0 Å². The van der Waals surface area contributed by atoms with Gasteiger partial charge in [0.25, 0.3) is 0 Å². The molecule has 106 valence electrons. The molecule has 0 aliphatic carbocycles. The van der Waals surface area contributed by atoms with E-state index in [9.17, 15) is 4.79 Å². The summed E-state index contributed by atoms with van der Waals surface area (Å²) in [6.07, 6.45) is 6.45. The molecule has 0 saturated carbocycles. The van der Waals surface area contributed by atoms with Crippen LogP contribution in [0, 0.1) is 6.92 Å². The largest absolute Gasteiger partial charge is 0.364 e. The molecule has 0 fully saturated rings. The van der Waals surface area contributed by atoms with Crippen molar-refractivity contribution in [3.05, 3.63) is 53.4 Å². The zero-order valence-electron chi connectivity index (χ0n) is 11.8. The van der Waals surface area contributed by atoms with Crippen molar-refractivity contribution in [3.8, 4) is 0 Å². The van der Waals surface area contributed by atoms with Crippen molar-refractivity contribution in [2.75, 3.05) is 6.54 Å². The van der Waals surface area contributed by atoms with Crippen molar-refractivity contribution in [1.82, 2.24) is 10.5 Å². The van der Waals surface area contributed by atoms with Crippen LogP contribution < -0.4 is 5.32 Å². The minimum Gasteiger partial charge on any atom is -0.364 e. The molecular weight excluding hydrogens is 252 g/mol. The molecule has 4 nitrogen and oxygen atoms in total. The van der Waals surface area contributed by atoms with Gasteiger partial charge in [-0.3, -0.25) is 4.79 Å². The van der Waals surface area contributed by atoms with E-state index in [2.05, 4.69) is 35.6 Å². The summed E-state index contributed by atoms with van der Waals surface area (Å²) >= 11 is 0. The molecule has 1 amide bonds. The molecule has 0 radical (unpaired) electrons. The predicted octanol–water partition coefficient (Wildman–Crippen LogP) is 2.66. The molecular formula is C16H20N2O2. The fraction of sp³-hybridized carbons (Fsp3) is 0.375. The van der Waals surface area contributed by atoms with Crippen molar-refractivity contribution in [1.29, 1.82) is 0 Å². The van der Waals surface area contributed by atoms with Gasteiger partial charge in [0.15, 0.2) is 0 Å². The van der Waals surface area contributed by atoms with Crippen molar-refractivity contribution in [3.63, 3.8) is 0 Å². The second-order valence-corrected chi connectivity index (χ2v) is 4.98. The Labute approximate surface area is 119 Å². The maximum Gasteiger partial charge on any atom is 0.220 e. The van der Waals surface area contributed by atoms with Crippen molar-refractivity contribution >= 4 is 5.91 Å². The molecule has 20 heavy (non-hydrogen) atoms. The number of aryl methyl sites for hydroxylation is 3. The number of rotatable bonds is 7. The summed E-state index contributed by atoms with van der Waals surface area (Å²) in [4.78, 5) is 11.7. The number of nitrogens with zero attached hydrogens (tertiary/aromatic N) is 1. The topological polar surface area (TPSA) is 55.1 Å². The molecule has 0 spiro atoms. The molecule has 0 unspecified atom stereocenters. The molecule has 2 aromatic rings. The number of amides is 1. The highest BCUT2D eigenvalue weighted by molar-refractivity contribution is 5.76. The molecule has 0 bridgehead atoms. The lowest BCUT2D eigenvalue weighted by molar-refractivity contribution is -0.121. The van der Waals surface area contributed by atoms with Gasteiger partial charge in [0.05, 0.1) is 6.20 Å². The predicted molar refractivity (Wildman–Crippen MR) is 77.3 cm³/mol. The Kier molecular flexibility index (Phi) is 5.35. The second-order valence-electron chi connectivity index (χ2n) is 4.98. The first-order valence-electron chi connectivity index (χ1n) is 6.94. The second kappa shape index (κ2) is 7.48. The number of hydrogen-bond acceptors (Lipinski definition) is 3. The summed E-state index contributed by atoms with van der Waals surface area (Å²) in [5.74, 6) is 0.108. The minimum absolute atomic E-state index is 0.108. The van der Waals surface area contributed by atoms with Gasteiger partial charge >= 0.3 is 0 Å². The van der Waals surface area contributed by atoms with Gasteiger partial charge in [0.1, 0.15) is 6.26 Å². The van der Waals surface area contributed by atoms with Crippen LogP contribution in [0.5, 0.6) is 0 Å². The number of benzene rings is 1. The van der Waals surface area contributed by atoms with Crippen LogP contribution in [0.1, 0.15) is 29.5 Å². The molecule has 1 aromatic heterocycles. The van der Waals surface area contributed by atoms with Crippen LogP contribution in [-0.4, -0.2) is 17.6 Å². The van der Waals surface area contributed by atoms with E-state index < -0.39 is 0 Å². The quantitative estimate of drug-likeness (QED) is 0.788. The first-order valence-corrected chi connectivity index (χ1v) is 6.94. The molecule has 2 rings (SSSR count). The third-order valence-corrected chi connectivity index (χ3v) is 3.17. The Morgan fingerprint density at radius 2 is 2.20 bits per heavy atom. The summed E-state index contributed by atoms with van der Waals surface area (Å²) in [6.45, 7) is 2.76. The fourth-order valence-electron chi connectivity index (χ4n) is 2.08. The van der Waals surface area contributed by atoms with Crippen molar-refractivity contribution in [2.45, 2.75) is 32.6 Å². The first-order chi connectivity index (χ1) is 9.74. The van der Waals surface area contributed by atoms with Crippen molar-refractivity contribution < 1.29 is 9.32 Å². The van der Waals surface area contributed by atoms with Crippen LogP contribution in [0.15, 0.2) is 41.2 Å². The van der Waals surface area contributed by atoms with Gasteiger partial charge < -0.3 is 9.84 Å². The van der Waals surface area contributed by atoms with Crippen LogP contribution >= 0.6 is 0 Å². The van der Waals surface area contributed by atoms with Crippen LogP contribution in [0.3, 0.4) is 0 Å². The smallest absolute Gasteiger partial charge is 0.220 e. The van der Waals surface area contributed by atoms with Gasteiger partial charge in [-0.2, -0.15) is 0 Å². The zero-order chi connectivity index (χ0) is 14.2. The lowest BCUT2D eigenvalue weighted by atomic mass is 10.1. The summed E-state index contributed by atoms with van der Waals surface area (Å²) in [6, 6.07) is 8.28. The van der Waals surface area contributed by atoms with Gasteiger partial charge in [-0.25, -0.2) is 0 Å². The number of nitrogens with one attached hydrogen (secondary N) is 1. The monoisotopic (exact) mass is 272 g/mol. The molecule has 4 heteroatoms. The highest BCUT2D eigenvalue weighted by atomic mass is 16.5. The molecule has 0 aliphatic heterocycles. The average molecular weight is 272 g/mol. The number of hydrogen-bond donors (Lipinski definition) is 1. The third-order valence-electron chi connectivity index (χ3n) is 3.17. The Hall–Kier alpha value is -2.10. The van der Waals surface area contributed by atoms with E-state index in [1.54, 1.807) is 12.5 Å². The first kappa shape index (κ1) is 14.3. The van der Waals surface area contributed by atoms with E-state index in [1.807, 2.05) is 6.07 Å². The highest BCUT2D eigenvalue weighted by Gasteiger charge is 2.02. The average Bonchev–Trinajstić information content (AvgIpc) is 2.95. The summed E-state index contributed by atoms with van der Waals surface area (Å²) in [5.41, 5.74) is 3.51. The summed E-state index contributed by atoms with van der Waals surface area (Å²) in [7, 11) is 0. The number of carbonyl (C=O) groups excluding carboxylic acids is 1. The molecule has 1 heterocycles. The normalized spacial score (nSPS) is 10.4. The Bertz CT molecular complexity index is 535. The van der Waals surface area contributed by atoms with E-state index in [-0.39, 0.29) is 5.91 Å². The lowest BCUT2D eigenvalue weighted by Crippen LogP contribution is -2.24. The van der Waals surface area contributed by atoms with Crippen LogP contribution in [-0.2, 0) is 17.6 Å². The van der Waals surface area contributed by atoms with Crippen molar-refractivity contribution in [2.24, 2.45) is 0 Å². The highest BCUT2D eigenvalue weighted by Crippen LogP contribution is 2.06. The molecule has 1 aromatic carbocycles. The van der Waals surface area contributed by atoms with Crippen LogP contribution in [0.4, 0.5) is 0 Å². The third kappa shape index (κ3) is 4.88. The van der Waals surface area contributed by atoms with Gasteiger partial charge in [0.2, 0.25) is 5.91 Å². The lowest BCUT2D eigenvalue weighted by Gasteiger charge is -2.05. The van der Waals surface area contributed by atoms with Gasteiger partial charge in [-0.15, -0.1) is 0 Å². The van der Waals surface area contributed by atoms with E-state index in [0.29, 0.717) is 13.0 Å². The van der Waals surface area contributed by atoms with E-state index in [0.717, 1.165) is 24.8 Å². The Balaban J connectivity index is 1.61. The van der Waals surface area contributed by atoms with Gasteiger partial charge in [-0.1, -0.05) is 35.0 Å². The number of carbonyl (C=O) groups is 1. The molecule has 0 saturated heterocycles. The SMILES string of the molecule is Cc1cccc(CCC(=O)NCCCc2cnoc2)c1. The summed E-state index contributed by atoms with van der Waals surface area (Å²) in [5, 5.41) is 6.58. The maximum atomic E-state index is 11.7.